The van der Waals surface area contributed by atoms with Crippen molar-refractivity contribution in [2.75, 3.05) is 0 Å². The molecular formula is C45H38BrClK2N2O11. The van der Waals surface area contributed by atoms with Gasteiger partial charge < -0.3 is 42.6 Å². The first-order valence-corrected chi connectivity index (χ1v) is 18.6. The van der Waals surface area contributed by atoms with Crippen LogP contribution in [0.3, 0.4) is 0 Å². The van der Waals surface area contributed by atoms with Gasteiger partial charge in [-0.2, -0.15) is 0 Å². The third kappa shape index (κ3) is 13.0. The van der Waals surface area contributed by atoms with Gasteiger partial charge in [-0.1, -0.05) is 64.5 Å². The van der Waals surface area contributed by atoms with Crippen LogP contribution in [0.2, 0.25) is 0 Å². The summed E-state index contributed by atoms with van der Waals surface area (Å²) in [5.74, 6) is 0.497. The van der Waals surface area contributed by atoms with Gasteiger partial charge in [0.05, 0.1) is 6.61 Å². The molecule has 6 aromatic carbocycles. The Bertz CT molecular complexity index is 2660. The first-order chi connectivity index (χ1) is 28.0. The molecule has 0 aliphatic rings. The van der Waals surface area contributed by atoms with Gasteiger partial charge in [-0.05, 0) is 107 Å². The van der Waals surface area contributed by atoms with Gasteiger partial charge in [0.1, 0.15) is 23.0 Å². The summed E-state index contributed by atoms with van der Waals surface area (Å²) in [6.45, 7) is -0.245. The number of alkyl halides is 1. The van der Waals surface area contributed by atoms with Crippen LogP contribution in [0.4, 0.5) is 0 Å². The van der Waals surface area contributed by atoms with Gasteiger partial charge in [0.2, 0.25) is 0 Å². The van der Waals surface area contributed by atoms with Crippen molar-refractivity contribution in [2.24, 2.45) is 0 Å². The van der Waals surface area contributed by atoms with Crippen LogP contribution in [-0.4, -0.2) is 46.6 Å². The quantitative estimate of drug-likeness (QED) is 0.0494. The number of aliphatic hydroxyl groups excluding tert-OH is 1. The maximum absolute atomic E-state index is 13.1. The predicted octanol–water partition coefficient (Wildman–Crippen LogP) is 0.677. The summed E-state index contributed by atoms with van der Waals surface area (Å²) in [5, 5.41) is 59.7. The molecule has 0 bridgehead atoms. The zero-order valence-corrected chi connectivity index (χ0v) is 42.0. The Balaban J connectivity index is 0.000000541. The molecule has 13 nitrogen and oxygen atoms in total. The SMILES string of the molecule is Cl.O.O=CO[O-].O=c1c2ccc(O)cc2c(-c2ccc(O)cc2)cn1-c1ccc(CBr)cc1.O=c1c2ccc(O)cc2c(-c2ccc(O)cc2)cn1-c1ccc(CO)cc1.[H-].[K+].[K+]. The number of phenols is 4. The first-order valence-electron chi connectivity index (χ1n) is 17.5. The molecule has 310 valence electrons. The molecule has 0 saturated heterocycles. The number of aromatic nitrogens is 2. The number of phenolic OH excluding ortho intramolecular Hbond substituents is 4. The number of pyridine rings is 2. The molecule has 0 atom stereocenters. The predicted molar refractivity (Wildman–Crippen MR) is 234 cm³/mol. The molecule has 0 aliphatic carbocycles. The van der Waals surface area contributed by atoms with Crippen LogP contribution in [0.5, 0.6) is 23.0 Å². The van der Waals surface area contributed by atoms with E-state index in [0.29, 0.717) is 27.2 Å². The van der Waals surface area contributed by atoms with Crippen molar-refractivity contribution in [1.29, 1.82) is 0 Å². The summed E-state index contributed by atoms with van der Waals surface area (Å²) >= 11 is 3.43. The van der Waals surface area contributed by atoms with Crippen molar-refractivity contribution in [3.8, 4) is 56.6 Å². The molecule has 0 radical (unpaired) electrons. The molecule has 62 heavy (non-hydrogen) atoms. The largest absolute Gasteiger partial charge is 1.00 e. The molecule has 8 rings (SSSR count). The van der Waals surface area contributed by atoms with Gasteiger partial charge in [-0.3, -0.25) is 23.5 Å². The van der Waals surface area contributed by atoms with Crippen LogP contribution < -0.4 is 119 Å². The summed E-state index contributed by atoms with van der Waals surface area (Å²) in [5.41, 5.74) is 6.16. The van der Waals surface area contributed by atoms with E-state index in [0.717, 1.165) is 44.4 Å². The molecule has 2 aromatic heterocycles. The number of hydrogen-bond donors (Lipinski definition) is 5. The van der Waals surface area contributed by atoms with Gasteiger partial charge in [0, 0.05) is 61.8 Å². The van der Waals surface area contributed by atoms with Gasteiger partial charge in [-0.25, -0.2) is 0 Å². The van der Waals surface area contributed by atoms with E-state index in [1.54, 1.807) is 119 Å². The van der Waals surface area contributed by atoms with E-state index in [1.165, 1.54) is 12.1 Å². The number of carbonyl (C=O) groups is 1. The van der Waals surface area contributed by atoms with E-state index in [9.17, 15) is 35.1 Å². The topological polar surface area (TPSA) is 226 Å². The zero-order chi connectivity index (χ0) is 41.3. The molecule has 0 unspecified atom stereocenters. The minimum atomic E-state index is -0.204. The van der Waals surface area contributed by atoms with Gasteiger partial charge in [0.25, 0.3) is 17.6 Å². The normalized spacial score (nSPS) is 9.92. The smallest absolute Gasteiger partial charge is 1.00 e. The Morgan fingerprint density at radius 1 is 0.565 bits per heavy atom. The molecule has 0 aliphatic heterocycles. The number of nitrogens with zero attached hydrogens (tertiary/aromatic N) is 2. The number of benzene rings is 6. The number of carbonyl (C=O) groups excluding carboxylic acids is 1. The van der Waals surface area contributed by atoms with E-state index in [1.807, 2.05) is 24.3 Å². The van der Waals surface area contributed by atoms with E-state index >= 15 is 0 Å². The second-order valence-corrected chi connectivity index (χ2v) is 13.4. The van der Waals surface area contributed by atoms with Gasteiger partial charge in [-0.15, -0.1) is 12.4 Å². The summed E-state index contributed by atoms with van der Waals surface area (Å²) in [7, 11) is 0. The Labute approximate surface area is 455 Å². The Hall–Kier alpha value is -3.67. The minimum absolute atomic E-state index is 0. The Morgan fingerprint density at radius 3 is 1.23 bits per heavy atom. The maximum Gasteiger partial charge on any atom is 1.00 e. The van der Waals surface area contributed by atoms with Crippen LogP contribution in [0, 0.1) is 0 Å². The molecule has 0 amide bonds. The van der Waals surface area contributed by atoms with E-state index < -0.39 is 0 Å². The van der Waals surface area contributed by atoms with Crippen LogP contribution in [0.15, 0.2) is 155 Å². The molecule has 0 fully saturated rings. The molecular weight excluding hydrogens is 938 g/mol. The van der Waals surface area contributed by atoms with Crippen LogP contribution >= 0.6 is 28.3 Å². The van der Waals surface area contributed by atoms with Crippen molar-refractivity contribution in [3.05, 3.63) is 178 Å². The third-order valence-electron chi connectivity index (χ3n) is 9.16. The first kappa shape index (κ1) is 54.5. The average Bonchev–Trinajstić information content (AvgIpc) is 3.25. The van der Waals surface area contributed by atoms with Crippen LogP contribution in [-0.2, 0) is 21.6 Å². The number of rotatable bonds is 7. The summed E-state index contributed by atoms with van der Waals surface area (Å²) < 4.78 is 3.16. The van der Waals surface area contributed by atoms with Crippen molar-refractivity contribution >= 4 is 56.4 Å². The molecule has 0 spiro atoms. The number of aromatic hydroxyl groups is 4. The standard InChI is InChI=1S/C22H16BrNO3.C22H17NO4.CH2O3.ClH.2K.H2O.H/c23-12-14-1-5-16(6-2-14)24-13-21(15-3-7-17(25)8-4-15)20-11-18(26)9-10-19(20)22(24)27;24-13-14-1-5-16(6-2-14)23-12-21(15-3-7-17(25)8-4-15)20-11-18(26)9-10-19(20)22(23)27;2-1-4-3;;;;;/h1-11,13,25-26H,12H2;1-12,24-26H,13H2;1,3H;1H;;;1H2;/q;;;;2*+1;;-1/p-1. The molecule has 0 saturated carbocycles. The van der Waals surface area contributed by atoms with Crippen LogP contribution in [0.1, 0.15) is 12.6 Å². The van der Waals surface area contributed by atoms with Crippen molar-refractivity contribution < 1.29 is 150 Å². The molecule has 17 heteroatoms. The number of aliphatic hydroxyl groups is 1. The average molecular weight is 976 g/mol. The van der Waals surface area contributed by atoms with Gasteiger partial charge in [0.15, 0.2) is 0 Å². The maximum atomic E-state index is 13.1. The second kappa shape index (κ2) is 25.6. The third-order valence-corrected chi connectivity index (χ3v) is 9.81. The Kier molecular flexibility index (Phi) is 22.5. The van der Waals surface area contributed by atoms with E-state index in [4.69, 9.17) is 10.1 Å². The number of fused-ring (bicyclic) bond motifs is 2. The van der Waals surface area contributed by atoms with E-state index in [-0.39, 0.29) is 169 Å². The summed E-state index contributed by atoms with van der Waals surface area (Å²) in [4.78, 5) is 37.3. The fraction of sp³-hybridized carbons (Fsp3) is 0.0444. The van der Waals surface area contributed by atoms with Crippen LogP contribution in [0.25, 0.3) is 55.2 Å². The minimum Gasteiger partial charge on any atom is -1.00 e. The Morgan fingerprint density at radius 2 is 0.903 bits per heavy atom. The molecule has 7 N–H and O–H groups in total. The van der Waals surface area contributed by atoms with Gasteiger partial charge >= 0.3 is 103 Å². The summed E-state index contributed by atoms with van der Waals surface area (Å²) in [6, 6.07) is 37.7. The number of halogens is 2. The number of hydrogen-bond acceptors (Lipinski definition) is 10. The second-order valence-electron chi connectivity index (χ2n) is 12.8. The monoisotopic (exact) mass is 974 g/mol. The molecule has 2 heterocycles. The molecule has 8 aromatic rings. The van der Waals surface area contributed by atoms with Crippen molar-refractivity contribution in [1.82, 2.24) is 9.13 Å². The fourth-order valence-corrected chi connectivity index (χ4v) is 6.66. The zero-order valence-electron chi connectivity index (χ0n) is 34.3. The van der Waals surface area contributed by atoms with Crippen molar-refractivity contribution in [3.63, 3.8) is 0 Å². The fourth-order valence-electron chi connectivity index (χ4n) is 6.29. The van der Waals surface area contributed by atoms with E-state index in [2.05, 4.69) is 20.8 Å². The van der Waals surface area contributed by atoms with Crippen molar-refractivity contribution in [2.45, 2.75) is 11.9 Å². The summed E-state index contributed by atoms with van der Waals surface area (Å²) in [6.07, 6.45) is 3.50.